The summed E-state index contributed by atoms with van der Waals surface area (Å²) in [5, 5.41) is 8.76. The van der Waals surface area contributed by atoms with E-state index in [9.17, 15) is 4.79 Å². The van der Waals surface area contributed by atoms with Gasteiger partial charge in [-0.2, -0.15) is 5.26 Å². The minimum atomic E-state index is -0.394. The van der Waals surface area contributed by atoms with Gasteiger partial charge in [-0.3, -0.25) is 0 Å². The molecule has 0 aromatic carbocycles. The Labute approximate surface area is 133 Å². The van der Waals surface area contributed by atoms with Crippen LogP contribution in [0.5, 0.6) is 0 Å². The van der Waals surface area contributed by atoms with E-state index >= 15 is 0 Å². The highest BCUT2D eigenvalue weighted by atomic mass is 16.5. The van der Waals surface area contributed by atoms with Gasteiger partial charge in [0.1, 0.15) is 6.10 Å². The molecule has 0 fully saturated rings. The zero-order valence-corrected chi connectivity index (χ0v) is 14.2. The highest BCUT2D eigenvalue weighted by Gasteiger charge is 2.16. The fourth-order valence-electron chi connectivity index (χ4n) is 2.41. The maximum Gasteiger partial charge on any atom is 0.331 e. The van der Waals surface area contributed by atoms with Crippen molar-refractivity contribution >= 4 is 12.0 Å². The molecule has 120 valence electrons. The summed E-state index contributed by atoms with van der Waals surface area (Å²) in [6, 6.07) is 4.13. The maximum absolute atomic E-state index is 11.9. The van der Waals surface area contributed by atoms with Crippen LogP contribution < -0.4 is 0 Å². The summed E-state index contributed by atoms with van der Waals surface area (Å²) < 4.78 is 7.59. The molecule has 1 heterocycles. The Bertz CT molecular complexity index is 577. The Balaban J connectivity index is 2.78. The van der Waals surface area contributed by atoms with Crippen LogP contribution in [0.1, 0.15) is 50.6 Å². The third kappa shape index (κ3) is 4.77. The first kappa shape index (κ1) is 18.0. The number of rotatable bonds is 7. The molecule has 0 N–H and O–H groups in total. The minimum absolute atomic E-state index is 0.131. The molecule has 0 spiro atoms. The Hall–Kier alpha value is -2.02. The lowest BCUT2D eigenvalue weighted by molar-refractivity contribution is -0.144. The SMILES string of the molecule is CCCn1c(C)cc(/C=C/C(=O)O[C@@H](CC#N)C(C)C)c1C. The fourth-order valence-corrected chi connectivity index (χ4v) is 2.41. The lowest BCUT2D eigenvalue weighted by Crippen LogP contribution is -2.22. The fraction of sp³-hybridized carbons (Fsp3) is 0.556. The number of carbonyl (C=O) groups excluding carboxylic acids is 1. The van der Waals surface area contributed by atoms with Crippen molar-refractivity contribution in [3.05, 3.63) is 29.1 Å². The summed E-state index contributed by atoms with van der Waals surface area (Å²) in [5.74, 6) is -0.263. The molecular weight excluding hydrogens is 276 g/mol. The van der Waals surface area contributed by atoms with Crippen molar-refractivity contribution in [1.29, 1.82) is 5.26 Å². The van der Waals surface area contributed by atoms with E-state index in [1.54, 1.807) is 6.08 Å². The molecule has 0 amide bonds. The van der Waals surface area contributed by atoms with E-state index in [4.69, 9.17) is 10.00 Å². The number of carbonyl (C=O) groups is 1. The van der Waals surface area contributed by atoms with Crippen LogP contribution in [-0.4, -0.2) is 16.6 Å². The molecule has 0 aliphatic rings. The third-order valence-corrected chi connectivity index (χ3v) is 3.76. The standard InChI is InChI=1S/C18H26N2O2/c1-6-11-20-14(4)12-16(15(20)5)7-8-18(21)22-17(9-10-19)13(2)3/h7-8,12-13,17H,6,9,11H2,1-5H3/b8-7+/t17-/m0/s1. The molecule has 4 heteroatoms. The molecule has 1 aromatic rings. The third-order valence-electron chi connectivity index (χ3n) is 3.76. The number of hydrogen-bond acceptors (Lipinski definition) is 3. The molecule has 0 radical (unpaired) electrons. The van der Waals surface area contributed by atoms with E-state index < -0.39 is 5.97 Å². The number of aromatic nitrogens is 1. The second-order valence-corrected chi connectivity index (χ2v) is 5.89. The van der Waals surface area contributed by atoms with Gasteiger partial charge in [-0.25, -0.2) is 4.79 Å². The molecule has 1 atom stereocenters. The summed E-state index contributed by atoms with van der Waals surface area (Å²) >= 11 is 0. The van der Waals surface area contributed by atoms with E-state index in [1.165, 1.54) is 11.8 Å². The highest BCUT2D eigenvalue weighted by Crippen LogP contribution is 2.17. The van der Waals surface area contributed by atoms with Crippen molar-refractivity contribution in [2.75, 3.05) is 0 Å². The minimum Gasteiger partial charge on any atom is -0.458 e. The van der Waals surface area contributed by atoms with Crippen LogP contribution in [0.3, 0.4) is 0 Å². The van der Waals surface area contributed by atoms with Crippen molar-refractivity contribution in [3.63, 3.8) is 0 Å². The lowest BCUT2D eigenvalue weighted by atomic mass is 10.1. The molecule has 1 aromatic heterocycles. The first-order chi connectivity index (χ1) is 10.4. The van der Waals surface area contributed by atoms with Gasteiger partial charge in [0.05, 0.1) is 12.5 Å². The van der Waals surface area contributed by atoms with Gasteiger partial charge in [0, 0.05) is 24.0 Å². The van der Waals surface area contributed by atoms with Gasteiger partial charge in [-0.05, 0) is 43.9 Å². The number of aryl methyl sites for hydroxylation is 1. The topological polar surface area (TPSA) is 55.0 Å². The molecule has 0 saturated carbocycles. The Kier molecular flexibility index (Phi) is 6.91. The normalized spacial score (nSPS) is 12.6. The largest absolute Gasteiger partial charge is 0.458 e. The number of esters is 1. The zero-order valence-electron chi connectivity index (χ0n) is 14.2. The predicted molar refractivity (Wildman–Crippen MR) is 88.2 cm³/mol. The molecular formula is C18H26N2O2. The van der Waals surface area contributed by atoms with Crippen LogP contribution >= 0.6 is 0 Å². The second kappa shape index (κ2) is 8.43. The smallest absolute Gasteiger partial charge is 0.331 e. The molecule has 0 unspecified atom stereocenters. The summed E-state index contributed by atoms with van der Waals surface area (Å²) in [7, 11) is 0. The summed E-state index contributed by atoms with van der Waals surface area (Å²) in [6.07, 6.45) is 4.19. The van der Waals surface area contributed by atoms with Crippen LogP contribution in [0.2, 0.25) is 0 Å². The van der Waals surface area contributed by atoms with Crippen LogP contribution in [0.25, 0.3) is 6.08 Å². The van der Waals surface area contributed by atoms with Gasteiger partial charge in [-0.15, -0.1) is 0 Å². The second-order valence-electron chi connectivity index (χ2n) is 5.89. The molecule has 0 bridgehead atoms. The van der Waals surface area contributed by atoms with Crippen molar-refractivity contribution < 1.29 is 9.53 Å². The first-order valence-corrected chi connectivity index (χ1v) is 7.83. The van der Waals surface area contributed by atoms with E-state index in [-0.39, 0.29) is 18.4 Å². The number of nitrogens with zero attached hydrogens (tertiary/aromatic N) is 2. The first-order valence-electron chi connectivity index (χ1n) is 7.83. The summed E-state index contributed by atoms with van der Waals surface area (Å²) in [6.45, 7) is 11.1. The van der Waals surface area contributed by atoms with Crippen molar-refractivity contribution in [1.82, 2.24) is 4.57 Å². The average molecular weight is 302 g/mol. The average Bonchev–Trinajstić information content (AvgIpc) is 2.72. The van der Waals surface area contributed by atoms with Crippen LogP contribution in [0.15, 0.2) is 12.1 Å². The molecule has 1 rings (SSSR count). The summed E-state index contributed by atoms with van der Waals surface area (Å²) in [5.41, 5.74) is 3.38. The van der Waals surface area contributed by atoms with E-state index in [0.717, 1.165) is 24.2 Å². The van der Waals surface area contributed by atoms with Crippen molar-refractivity contribution in [2.45, 2.75) is 60.1 Å². The highest BCUT2D eigenvalue weighted by molar-refractivity contribution is 5.87. The number of ether oxygens (including phenoxy) is 1. The number of hydrogen-bond donors (Lipinski definition) is 0. The summed E-state index contributed by atoms with van der Waals surface area (Å²) in [4.78, 5) is 11.9. The Morgan fingerprint density at radius 2 is 2.14 bits per heavy atom. The molecule has 4 nitrogen and oxygen atoms in total. The van der Waals surface area contributed by atoms with Gasteiger partial charge in [0.15, 0.2) is 0 Å². The van der Waals surface area contributed by atoms with Gasteiger partial charge >= 0.3 is 5.97 Å². The van der Waals surface area contributed by atoms with Crippen molar-refractivity contribution in [3.8, 4) is 6.07 Å². The van der Waals surface area contributed by atoms with Crippen LogP contribution in [-0.2, 0) is 16.1 Å². The van der Waals surface area contributed by atoms with Crippen molar-refractivity contribution in [2.24, 2.45) is 5.92 Å². The van der Waals surface area contributed by atoms with Gasteiger partial charge in [0.2, 0.25) is 0 Å². The van der Waals surface area contributed by atoms with E-state index in [0.29, 0.717) is 0 Å². The molecule has 0 aliphatic heterocycles. The lowest BCUT2D eigenvalue weighted by Gasteiger charge is -2.17. The monoisotopic (exact) mass is 302 g/mol. The molecule has 22 heavy (non-hydrogen) atoms. The maximum atomic E-state index is 11.9. The van der Waals surface area contributed by atoms with Gasteiger partial charge in [-0.1, -0.05) is 20.8 Å². The quantitative estimate of drug-likeness (QED) is 0.565. The Morgan fingerprint density at radius 1 is 1.45 bits per heavy atom. The number of nitriles is 1. The Morgan fingerprint density at radius 3 is 2.68 bits per heavy atom. The predicted octanol–water partition coefficient (Wildman–Crippen LogP) is 4.01. The molecule has 0 saturated heterocycles. The van der Waals surface area contributed by atoms with E-state index in [1.807, 2.05) is 13.8 Å². The molecule has 0 aliphatic carbocycles. The van der Waals surface area contributed by atoms with Gasteiger partial charge in [0.25, 0.3) is 0 Å². The van der Waals surface area contributed by atoms with E-state index in [2.05, 4.69) is 37.5 Å². The van der Waals surface area contributed by atoms with Crippen LogP contribution in [0.4, 0.5) is 0 Å². The van der Waals surface area contributed by atoms with Gasteiger partial charge < -0.3 is 9.30 Å². The van der Waals surface area contributed by atoms with Crippen LogP contribution in [0, 0.1) is 31.1 Å². The zero-order chi connectivity index (χ0) is 16.7.